The zero-order chi connectivity index (χ0) is 23.9. The Morgan fingerprint density at radius 3 is 2.63 bits per heavy atom. The van der Waals surface area contributed by atoms with Crippen molar-refractivity contribution in [3.63, 3.8) is 0 Å². The summed E-state index contributed by atoms with van der Waals surface area (Å²) in [5.74, 6) is 0.604. The van der Waals surface area contributed by atoms with E-state index in [9.17, 15) is 9.59 Å². The number of benzene rings is 3. The number of fused-ring (bicyclic) bond motifs is 2. The number of hydrogen-bond donors (Lipinski definition) is 1. The van der Waals surface area contributed by atoms with Crippen LogP contribution in [0, 0.1) is 0 Å². The van der Waals surface area contributed by atoms with Gasteiger partial charge in [-0.15, -0.1) is 0 Å². The van der Waals surface area contributed by atoms with Gasteiger partial charge in [-0.2, -0.15) is 4.98 Å². The van der Waals surface area contributed by atoms with Gasteiger partial charge in [0.15, 0.2) is 0 Å². The molecule has 174 valence electrons. The Morgan fingerprint density at radius 2 is 1.83 bits per heavy atom. The van der Waals surface area contributed by atoms with E-state index in [1.54, 1.807) is 30.8 Å². The minimum Gasteiger partial charge on any atom is -0.341 e. The Morgan fingerprint density at radius 1 is 1.06 bits per heavy atom. The maximum atomic E-state index is 13.3. The number of carbonyl (C=O) groups is 2. The summed E-state index contributed by atoms with van der Waals surface area (Å²) in [5, 5.41) is 7.05. The zero-order valence-corrected chi connectivity index (χ0v) is 19.8. The first-order valence-corrected chi connectivity index (χ1v) is 12.3. The lowest BCUT2D eigenvalue weighted by molar-refractivity contribution is 0.0931. The highest BCUT2D eigenvalue weighted by atomic mass is 32.2. The number of rotatable bonds is 5. The van der Waals surface area contributed by atoms with Gasteiger partial charge in [0, 0.05) is 27.0 Å². The highest BCUT2D eigenvalue weighted by Gasteiger charge is 2.38. The van der Waals surface area contributed by atoms with Crippen LogP contribution in [0.5, 0.6) is 0 Å². The molecular formula is C27H22N4O3S. The molecule has 1 aromatic heterocycles. The molecule has 1 fully saturated rings. The molecule has 1 N–H and O–H groups in total. The van der Waals surface area contributed by atoms with Gasteiger partial charge < -0.3 is 14.7 Å². The standard InChI is InChI=1S/C27H22N4O3S/c1-16(28-25(32)17-7-3-2-4-8-17)26-29-24(30-34-26)18-11-14-21-23(15-18)35-22-10-6-5-9-20(22)27(33)31(21)19-12-13-19/h2-11,14-16,19H,12-13H2,1H3,(H,28,32)/t16-/m1/s1. The van der Waals surface area contributed by atoms with Gasteiger partial charge in [-0.05, 0) is 62.2 Å². The highest BCUT2D eigenvalue weighted by molar-refractivity contribution is 7.99. The summed E-state index contributed by atoms with van der Waals surface area (Å²) in [4.78, 5) is 34.2. The summed E-state index contributed by atoms with van der Waals surface area (Å²) in [6.45, 7) is 1.81. The average molecular weight is 483 g/mol. The summed E-state index contributed by atoms with van der Waals surface area (Å²) < 4.78 is 5.48. The van der Waals surface area contributed by atoms with E-state index >= 15 is 0 Å². The number of nitrogens with zero attached hydrogens (tertiary/aromatic N) is 3. The van der Waals surface area contributed by atoms with Gasteiger partial charge in [0.25, 0.3) is 11.8 Å². The van der Waals surface area contributed by atoms with E-state index in [1.165, 1.54) is 0 Å². The molecule has 4 aromatic rings. The van der Waals surface area contributed by atoms with Gasteiger partial charge >= 0.3 is 0 Å². The third-order valence-corrected chi connectivity index (χ3v) is 7.26. The van der Waals surface area contributed by atoms with Crippen molar-refractivity contribution in [1.29, 1.82) is 0 Å². The maximum Gasteiger partial charge on any atom is 0.259 e. The van der Waals surface area contributed by atoms with Crippen LogP contribution in [0.25, 0.3) is 11.4 Å². The molecular weight excluding hydrogens is 460 g/mol. The summed E-state index contributed by atoms with van der Waals surface area (Å²) in [7, 11) is 0. The zero-order valence-electron chi connectivity index (χ0n) is 19.0. The van der Waals surface area contributed by atoms with Crippen molar-refractivity contribution in [3.05, 3.63) is 89.8 Å². The predicted molar refractivity (Wildman–Crippen MR) is 132 cm³/mol. The second kappa shape index (κ2) is 8.70. The molecule has 1 aliphatic carbocycles. The topological polar surface area (TPSA) is 88.3 Å². The number of hydrogen-bond acceptors (Lipinski definition) is 6. The van der Waals surface area contributed by atoms with Crippen LogP contribution < -0.4 is 10.2 Å². The molecule has 8 heteroatoms. The number of aromatic nitrogens is 2. The van der Waals surface area contributed by atoms with Gasteiger partial charge in [0.1, 0.15) is 6.04 Å². The second-order valence-corrected chi connectivity index (χ2v) is 9.79. The van der Waals surface area contributed by atoms with E-state index in [2.05, 4.69) is 15.5 Å². The molecule has 1 atom stereocenters. The SMILES string of the molecule is C[C@@H](NC(=O)c1ccccc1)c1nc(-c2ccc3c(c2)Sc2ccccc2C(=O)N3C2CC2)no1. The fourth-order valence-corrected chi connectivity index (χ4v) is 5.28. The molecule has 0 unspecified atom stereocenters. The molecule has 6 rings (SSSR count). The quantitative estimate of drug-likeness (QED) is 0.404. The van der Waals surface area contributed by atoms with Crippen LogP contribution in [0.15, 0.2) is 87.1 Å². The highest BCUT2D eigenvalue weighted by Crippen LogP contribution is 2.46. The molecule has 7 nitrogen and oxygen atoms in total. The first kappa shape index (κ1) is 21.6. The third kappa shape index (κ3) is 4.10. The van der Waals surface area contributed by atoms with Crippen molar-refractivity contribution in [2.45, 2.75) is 41.6 Å². The van der Waals surface area contributed by atoms with E-state index in [-0.39, 0.29) is 17.9 Å². The number of carbonyl (C=O) groups excluding carboxylic acids is 2. The van der Waals surface area contributed by atoms with Crippen LogP contribution >= 0.6 is 11.8 Å². The van der Waals surface area contributed by atoms with Crippen LogP contribution in [0.4, 0.5) is 5.69 Å². The lowest BCUT2D eigenvalue weighted by Crippen LogP contribution is -2.32. The molecule has 0 bridgehead atoms. The van der Waals surface area contributed by atoms with Crippen molar-refractivity contribution in [2.24, 2.45) is 0 Å². The lowest BCUT2D eigenvalue weighted by Gasteiger charge is -2.22. The lowest BCUT2D eigenvalue weighted by atomic mass is 10.1. The Bertz CT molecular complexity index is 1430. The van der Waals surface area contributed by atoms with E-state index < -0.39 is 6.04 Å². The maximum absolute atomic E-state index is 13.3. The smallest absolute Gasteiger partial charge is 0.259 e. The average Bonchev–Trinajstić information content (AvgIpc) is 3.61. The van der Waals surface area contributed by atoms with Crippen molar-refractivity contribution in [3.8, 4) is 11.4 Å². The van der Waals surface area contributed by atoms with Crippen molar-refractivity contribution < 1.29 is 14.1 Å². The number of amides is 2. The van der Waals surface area contributed by atoms with E-state index in [0.717, 1.165) is 39.4 Å². The monoisotopic (exact) mass is 482 g/mol. The third-order valence-electron chi connectivity index (χ3n) is 6.14. The van der Waals surface area contributed by atoms with E-state index in [4.69, 9.17) is 4.52 Å². The molecule has 0 spiro atoms. The number of nitrogens with one attached hydrogen (secondary N) is 1. The van der Waals surface area contributed by atoms with Crippen LogP contribution in [0.2, 0.25) is 0 Å². The van der Waals surface area contributed by atoms with Crippen molar-refractivity contribution >= 4 is 29.3 Å². The molecule has 0 saturated heterocycles. The van der Waals surface area contributed by atoms with E-state index in [1.807, 2.05) is 65.6 Å². The van der Waals surface area contributed by atoms with E-state index in [0.29, 0.717) is 17.3 Å². The first-order valence-electron chi connectivity index (χ1n) is 11.5. The predicted octanol–water partition coefficient (Wildman–Crippen LogP) is 5.50. The second-order valence-electron chi connectivity index (χ2n) is 8.70. The largest absolute Gasteiger partial charge is 0.341 e. The summed E-state index contributed by atoms with van der Waals surface area (Å²) in [6.07, 6.45) is 2.03. The van der Waals surface area contributed by atoms with Gasteiger partial charge in [0.05, 0.1) is 11.3 Å². The molecule has 1 saturated carbocycles. The minimum atomic E-state index is -0.450. The molecule has 35 heavy (non-hydrogen) atoms. The Kier molecular flexibility index (Phi) is 5.37. The minimum absolute atomic E-state index is 0.0481. The number of anilines is 1. The Balaban J connectivity index is 1.29. The normalized spacial score (nSPS) is 15.7. The molecule has 2 aliphatic rings. The van der Waals surface area contributed by atoms with Gasteiger partial charge in [-0.3, -0.25) is 9.59 Å². The van der Waals surface area contributed by atoms with Gasteiger partial charge in [-0.1, -0.05) is 47.3 Å². The first-order chi connectivity index (χ1) is 17.1. The van der Waals surface area contributed by atoms with Crippen molar-refractivity contribution in [1.82, 2.24) is 15.5 Å². The van der Waals surface area contributed by atoms with Crippen molar-refractivity contribution in [2.75, 3.05) is 4.90 Å². The molecule has 0 radical (unpaired) electrons. The molecule has 2 heterocycles. The fraction of sp³-hybridized carbons (Fsp3) is 0.185. The van der Waals surface area contributed by atoms with Crippen LogP contribution in [0.3, 0.4) is 0 Å². The Hall–Kier alpha value is -3.91. The summed E-state index contributed by atoms with van der Waals surface area (Å²) >= 11 is 1.58. The van der Waals surface area contributed by atoms with Crippen LogP contribution in [-0.4, -0.2) is 28.0 Å². The van der Waals surface area contributed by atoms with Gasteiger partial charge in [0.2, 0.25) is 11.7 Å². The van der Waals surface area contributed by atoms with Crippen LogP contribution in [0.1, 0.15) is 52.4 Å². The van der Waals surface area contributed by atoms with Gasteiger partial charge in [-0.25, -0.2) is 0 Å². The fourth-order valence-electron chi connectivity index (χ4n) is 4.18. The molecule has 2 amide bonds. The van der Waals surface area contributed by atoms with Crippen LogP contribution in [-0.2, 0) is 0 Å². The summed E-state index contributed by atoms with van der Waals surface area (Å²) in [5.41, 5.74) is 2.99. The molecule has 1 aliphatic heterocycles. The Labute approximate surface area is 206 Å². The molecule has 3 aromatic carbocycles. The summed E-state index contributed by atoms with van der Waals surface area (Å²) in [6, 6.07) is 22.4.